The fourth-order valence-corrected chi connectivity index (χ4v) is 4.84. The number of allylic oxidation sites excluding steroid dienone is 1. The van der Waals surface area contributed by atoms with Crippen LogP contribution >= 0.6 is 23.2 Å². The molecular formula is C26H38Cl2N6O. The Morgan fingerprint density at radius 1 is 1.26 bits per heavy atom. The molecule has 2 fully saturated rings. The van der Waals surface area contributed by atoms with E-state index in [0.29, 0.717) is 33.7 Å². The summed E-state index contributed by atoms with van der Waals surface area (Å²) in [6.07, 6.45) is 7.73. The molecule has 1 amide bonds. The van der Waals surface area contributed by atoms with Gasteiger partial charge in [0.2, 0.25) is 0 Å². The normalized spacial score (nSPS) is 21.1. The summed E-state index contributed by atoms with van der Waals surface area (Å²) in [7, 11) is 0. The SMILES string of the molecule is CC=C(NCc1ccc(Cl)c(Cl)c1)NC(=O)C(=NC1CCN(CC2CCCNC2)CC1)/C(C)=C\N. The van der Waals surface area contributed by atoms with E-state index in [9.17, 15) is 4.79 Å². The predicted octanol–water partition coefficient (Wildman–Crippen LogP) is 3.83. The molecule has 1 aromatic carbocycles. The van der Waals surface area contributed by atoms with E-state index >= 15 is 0 Å². The first kappa shape index (κ1) is 27.5. The number of carbonyl (C=O) groups excluding carboxylic acids is 1. The number of piperidine rings is 2. The number of amides is 1. The number of rotatable bonds is 9. The Hall–Kier alpha value is -2.06. The molecule has 35 heavy (non-hydrogen) atoms. The zero-order chi connectivity index (χ0) is 25.2. The van der Waals surface area contributed by atoms with Crippen molar-refractivity contribution in [1.29, 1.82) is 0 Å². The summed E-state index contributed by atoms with van der Waals surface area (Å²) in [6, 6.07) is 5.57. The standard InChI is InChI=1S/C26H38Cl2N6O/c1-3-24(31-16-19-6-7-22(27)23(28)13-19)33-26(35)25(18(2)14-29)32-21-8-11-34(12-9-21)17-20-5-4-10-30-15-20/h3,6-7,13-14,20-21,30-31H,4-5,8-12,15-17,29H2,1-2H3,(H,33,35)/b18-14-,24-3?,32-25?. The molecule has 2 aliphatic rings. The lowest BCUT2D eigenvalue weighted by Crippen LogP contribution is -2.43. The van der Waals surface area contributed by atoms with Crippen LogP contribution in [0.1, 0.15) is 45.1 Å². The number of halogens is 2. The molecule has 0 saturated carbocycles. The number of aliphatic imine (C=N–C) groups is 1. The van der Waals surface area contributed by atoms with Crippen molar-refractivity contribution in [3.8, 4) is 0 Å². The summed E-state index contributed by atoms with van der Waals surface area (Å²) in [5, 5.41) is 10.7. The third-order valence-corrected chi connectivity index (χ3v) is 7.37. The van der Waals surface area contributed by atoms with Crippen LogP contribution in [0.25, 0.3) is 0 Å². The van der Waals surface area contributed by atoms with Gasteiger partial charge < -0.3 is 26.6 Å². The minimum atomic E-state index is -0.269. The van der Waals surface area contributed by atoms with Crippen LogP contribution in [-0.2, 0) is 11.3 Å². The quantitative estimate of drug-likeness (QED) is 0.371. The first-order chi connectivity index (χ1) is 16.9. The molecule has 2 aliphatic heterocycles. The highest BCUT2D eigenvalue weighted by molar-refractivity contribution is 6.45. The van der Waals surface area contributed by atoms with Crippen molar-refractivity contribution in [2.24, 2.45) is 16.6 Å². The fraction of sp³-hybridized carbons (Fsp3) is 0.538. The Morgan fingerprint density at radius 3 is 2.66 bits per heavy atom. The molecular weight excluding hydrogens is 483 g/mol. The van der Waals surface area contributed by atoms with Crippen LogP contribution in [0.2, 0.25) is 10.0 Å². The summed E-state index contributed by atoms with van der Waals surface area (Å²) < 4.78 is 0. The third kappa shape index (κ3) is 8.53. The van der Waals surface area contributed by atoms with Gasteiger partial charge in [0, 0.05) is 26.2 Å². The minimum absolute atomic E-state index is 0.115. The topological polar surface area (TPSA) is 94.8 Å². The fourth-order valence-electron chi connectivity index (χ4n) is 4.52. The highest BCUT2D eigenvalue weighted by atomic mass is 35.5. The van der Waals surface area contributed by atoms with E-state index in [-0.39, 0.29) is 11.9 Å². The molecule has 2 heterocycles. The lowest BCUT2D eigenvalue weighted by molar-refractivity contribution is -0.114. The Kier molecular flexibility index (Phi) is 10.9. The van der Waals surface area contributed by atoms with Gasteiger partial charge in [0.05, 0.1) is 16.1 Å². The Labute approximate surface area is 219 Å². The molecule has 0 aliphatic carbocycles. The van der Waals surface area contributed by atoms with E-state index in [0.717, 1.165) is 57.0 Å². The summed E-state index contributed by atoms with van der Waals surface area (Å²) in [4.78, 5) is 20.5. The van der Waals surface area contributed by atoms with Gasteiger partial charge in [-0.3, -0.25) is 9.79 Å². The highest BCUT2D eigenvalue weighted by Crippen LogP contribution is 2.22. The third-order valence-electron chi connectivity index (χ3n) is 6.63. The molecule has 192 valence electrons. The van der Waals surface area contributed by atoms with Gasteiger partial charge in [0.25, 0.3) is 5.91 Å². The van der Waals surface area contributed by atoms with Crippen molar-refractivity contribution >= 4 is 34.8 Å². The lowest BCUT2D eigenvalue weighted by atomic mass is 9.97. The van der Waals surface area contributed by atoms with E-state index in [1.807, 2.05) is 26.0 Å². The summed E-state index contributed by atoms with van der Waals surface area (Å²) in [6.45, 7) is 9.60. The maximum atomic E-state index is 13.1. The molecule has 0 aromatic heterocycles. The van der Waals surface area contributed by atoms with E-state index < -0.39 is 0 Å². The van der Waals surface area contributed by atoms with Gasteiger partial charge in [0.15, 0.2) is 0 Å². The average molecular weight is 522 g/mol. The molecule has 9 heteroatoms. The van der Waals surface area contributed by atoms with Crippen LogP contribution in [0.5, 0.6) is 0 Å². The van der Waals surface area contributed by atoms with Crippen molar-refractivity contribution in [2.75, 3.05) is 32.7 Å². The lowest BCUT2D eigenvalue weighted by Gasteiger charge is -2.34. The van der Waals surface area contributed by atoms with Gasteiger partial charge in [-0.1, -0.05) is 29.3 Å². The Balaban J connectivity index is 1.56. The number of benzene rings is 1. The Bertz CT molecular complexity index is 947. The van der Waals surface area contributed by atoms with Crippen LogP contribution in [0, 0.1) is 5.92 Å². The number of likely N-dealkylation sites (tertiary alicyclic amines) is 1. The average Bonchev–Trinajstić information content (AvgIpc) is 2.88. The van der Waals surface area contributed by atoms with Gasteiger partial charge in [-0.25, -0.2) is 0 Å². The second-order valence-corrected chi connectivity index (χ2v) is 10.1. The molecule has 2 saturated heterocycles. The number of carbonyl (C=O) groups is 1. The van der Waals surface area contributed by atoms with Gasteiger partial charge in [0.1, 0.15) is 11.5 Å². The second-order valence-electron chi connectivity index (χ2n) is 9.33. The van der Waals surface area contributed by atoms with Crippen LogP contribution in [-0.4, -0.2) is 55.3 Å². The van der Waals surface area contributed by atoms with E-state index in [2.05, 4.69) is 20.9 Å². The zero-order valence-electron chi connectivity index (χ0n) is 20.7. The molecule has 3 rings (SSSR count). The summed E-state index contributed by atoms with van der Waals surface area (Å²) in [5.41, 5.74) is 7.78. The van der Waals surface area contributed by atoms with Gasteiger partial charge >= 0.3 is 0 Å². The first-order valence-corrected chi connectivity index (χ1v) is 13.2. The van der Waals surface area contributed by atoms with Crippen molar-refractivity contribution in [1.82, 2.24) is 20.9 Å². The van der Waals surface area contributed by atoms with Gasteiger partial charge in [-0.15, -0.1) is 0 Å². The van der Waals surface area contributed by atoms with Crippen molar-refractivity contribution in [3.05, 3.63) is 57.5 Å². The molecule has 1 aromatic rings. The molecule has 5 N–H and O–H groups in total. The van der Waals surface area contributed by atoms with Gasteiger partial charge in [-0.2, -0.15) is 0 Å². The molecule has 1 unspecified atom stereocenters. The monoisotopic (exact) mass is 520 g/mol. The summed E-state index contributed by atoms with van der Waals surface area (Å²) in [5.74, 6) is 1.06. The first-order valence-electron chi connectivity index (χ1n) is 12.4. The van der Waals surface area contributed by atoms with Gasteiger partial charge in [-0.05, 0) is 94.1 Å². The van der Waals surface area contributed by atoms with E-state index in [1.165, 1.54) is 19.0 Å². The molecule has 0 radical (unpaired) electrons. The van der Waals surface area contributed by atoms with Crippen LogP contribution in [0.15, 0.2) is 46.9 Å². The molecule has 0 spiro atoms. The second kappa shape index (κ2) is 13.9. The molecule has 7 nitrogen and oxygen atoms in total. The van der Waals surface area contributed by atoms with Crippen LogP contribution in [0.3, 0.4) is 0 Å². The van der Waals surface area contributed by atoms with Crippen molar-refractivity contribution in [2.45, 2.75) is 52.1 Å². The summed E-state index contributed by atoms with van der Waals surface area (Å²) >= 11 is 12.1. The highest BCUT2D eigenvalue weighted by Gasteiger charge is 2.24. The number of hydrogen-bond acceptors (Lipinski definition) is 6. The van der Waals surface area contributed by atoms with E-state index in [1.54, 1.807) is 12.1 Å². The zero-order valence-corrected chi connectivity index (χ0v) is 22.3. The number of nitrogens with one attached hydrogen (secondary N) is 3. The largest absolute Gasteiger partial charge is 0.404 e. The number of nitrogens with zero attached hydrogens (tertiary/aromatic N) is 2. The Morgan fingerprint density at radius 2 is 2.03 bits per heavy atom. The number of nitrogens with two attached hydrogens (primary N) is 1. The van der Waals surface area contributed by atoms with Crippen LogP contribution < -0.4 is 21.7 Å². The maximum Gasteiger partial charge on any atom is 0.275 e. The minimum Gasteiger partial charge on any atom is -0.404 e. The van der Waals surface area contributed by atoms with Crippen LogP contribution in [0.4, 0.5) is 0 Å². The van der Waals surface area contributed by atoms with E-state index in [4.69, 9.17) is 33.9 Å². The molecule has 1 atom stereocenters. The predicted molar refractivity (Wildman–Crippen MR) is 146 cm³/mol. The van der Waals surface area contributed by atoms with Crippen molar-refractivity contribution in [3.63, 3.8) is 0 Å². The molecule has 0 bridgehead atoms. The number of hydrogen-bond donors (Lipinski definition) is 4. The van der Waals surface area contributed by atoms with Crippen molar-refractivity contribution < 1.29 is 4.79 Å². The smallest absolute Gasteiger partial charge is 0.275 e. The maximum absolute atomic E-state index is 13.1.